The largest absolute Gasteiger partial charge is 0.328 e. The van der Waals surface area contributed by atoms with Gasteiger partial charge >= 0.3 is 0 Å². The average molecular weight is 252 g/mol. The summed E-state index contributed by atoms with van der Waals surface area (Å²) in [6.07, 6.45) is 1.72. The zero-order valence-electron chi connectivity index (χ0n) is 9.90. The van der Waals surface area contributed by atoms with Gasteiger partial charge in [-0.15, -0.1) is 0 Å². The van der Waals surface area contributed by atoms with Crippen LogP contribution in [-0.4, -0.2) is 29.4 Å². The van der Waals surface area contributed by atoms with Crippen molar-refractivity contribution in [2.24, 2.45) is 0 Å². The second-order valence-electron chi connectivity index (χ2n) is 3.74. The molecule has 90 valence electrons. The molecule has 0 saturated carbocycles. The van der Waals surface area contributed by atoms with Crippen LogP contribution >= 0.6 is 11.6 Å². The molecule has 1 aromatic rings. The van der Waals surface area contributed by atoms with Crippen molar-refractivity contribution in [2.45, 2.75) is 19.8 Å². The first-order valence-corrected chi connectivity index (χ1v) is 5.75. The molecule has 1 rings (SSSR count). The number of aryl methyl sites for hydroxylation is 1. The molecule has 0 aliphatic carbocycles. The molecule has 0 aliphatic heterocycles. The van der Waals surface area contributed by atoms with Crippen LogP contribution in [0.25, 0.3) is 0 Å². The van der Waals surface area contributed by atoms with Crippen molar-refractivity contribution in [3.05, 3.63) is 28.5 Å². The van der Waals surface area contributed by atoms with Gasteiger partial charge in [-0.3, -0.25) is 4.79 Å². The van der Waals surface area contributed by atoms with Gasteiger partial charge in [-0.1, -0.05) is 24.9 Å². The molecule has 0 fully saturated rings. The average Bonchev–Trinajstić information content (AvgIpc) is 2.28. The number of carbonyl (C=O) groups excluding carboxylic acids is 1. The highest BCUT2D eigenvalue weighted by molar-refractivity contribution is 6.29. The fraction of sp³-hybridized carbons (Fsp3) is 0.417. The SMILES string of the molecule is CCCc1cc(C(=O)N(C)CC#N)cc(Cl)n1. The Morgan fingerprint density at radius 3 is 2.88 bits per heavy atom. The van der Waals surface area contributed by atoms with Crippen LogP contribution in [0.15, 0.2) is 12.1 Å². The monoisotopic (exact) mass is 251 g/mol. The predicted molar refractivity (Wildman–Crippen MR) is 65.8 cm³/mol. The number of hydrogen-bond donors (Lipinski definition) is 0. The molecule has 17 heavy (non-hydrogen) atoms. The molecule has 0 unspecified atom stereocenters. The molecule has 1 heterocycles. The number of pyridine rings is 1. The van der Waals surface area contributed by atoms with Gasteiger partial charge in [0.05, 0.1) is 6.07 Å². The summed E-state index contributed by atoms with van der Waals surface area (Å²) in [5, 5.41) is 8.85. The van der Waals surface area contributed by atoms with Crippen LogP contribution in [0.4, 0.5) is 0 Å². The zero-order valence-corrected chi connectivity index (χ0v) is 10.7. The van der Waals surface area contributed by atoms with E-state index in [1.54, 1.807) is 13.1 Å². The summed E-state index contributed by atoms with van der Waals surface area (Å²) in [5.74, 6) is -0.215. The summed E-state index contributed by atoms with van der Waals surface area (Å²) < 4.78 is 0. The quantitative estimate of drug-likeness (QED) is 0.609. The lowest BCUT2D eigenvalue weighted by atomic mass is 10.1. The Kier molecular flexibility index (Phi) is 4.92. The van der Waals surface area contributed by atoms with Crippen LogP contribution in [-0.2, 0) is 6.42 Å². The van der Waals surface area contributed by atoms with Crippen molar-refractivity contribution in [1.29, 1.82) is 5.26 Å². The van der Waals surface area contributed by atoms with Crippen molar-refractivity contribution in [1.82, 2.24) is 9.88 Å². The van der Waals surface area contributed by atoms with Crippen molar-refractivity contribution in [2.75, 3.05) is 13.6 Å². The van der Waals surface area contributed by atoms with Gasteiger partial charge in [-0.05, 0) is 18.6 Å². The molecule has 1 aromatic heterocycles. The van der Waals surface area contributed by atoms with E-state index in [0.29, 0.717) is 10.7 Å². The molecule has 0 bridgehead atoms. The number of carbonyl (C=O) groups is 1. The summed E-state index contributed by atoms with van der Waals surface area (Å²) in [5.41, 5.74) is 1.28. The van der Waals surface area contributed by atoms with Gasteiger partial charge in [0.2, 0.25) is 0 Å². The van der Waals surface area contributed by atoms with Crippen molar-refractivity contribution >= 4 is 17.5 Å². The highest BCUT2D eigenvalue weighted by Crippen LogP contribution is 2.13. The third-order valence-electron chi connectivity index (χ3n) is 2.25. The van der Waals surface area contributed by atoms with Gasteiger partial charge in [0.15, 0.2) is 0 Å². The summed E-state index contributed by atoms with van der Waals surface area (Å²) >= 11 is 5.86. The third-order valence-corrected chi connectivity index (χ3v) is 2.45. The van der Waals surface area contributed by atoms with Crippen LogP contribution in [0.5, 0.6) is 0 Å². The van der Waals surface area contributed by atoms with E-state index in [9.17, 15) is 4.79 Å². The van der Waals surface area contributed by atoms with Crippen molar-refractivity contribution in [3.63, 3.8) is 0 Å². The second kappa shape index (κ2) is 6.21. The normalized spacial score (nSPS) is 9.76. The highest BCUT2D eigenvalue weighted by Gasteiger charge is 2.13. The molecule has 0 aromatic carbocycles. The van der Waals surface area contributed by atoms with Crippen LogP contribution in [0.2, 0.25) is 5.15 Å². The zero-order chi connectivity index (χ0) is 12.8. The first-order valence-electron chi connectivity index (χ1n) is 5.37. The second-order valence-corrected chi connectivity index (χ2v) is 4.13. The molecule has 0 radical (unpaired) electrons. The van der Waals surface area contributed by atoms with E-state index in [0.717, 1.165) is 18.5 Å². The predicted octanol–water partition coefficient (Wildman–Crippen LogP) is 2.28. The minimum atomic E-state index is -0.215. The van der Waals surface area contributed by atoms with E-state index in [2.05, 4.69) is 4.98 Å². The number of aromatic nitrogens is 1. The number of amides is 1. The molecule has 0 spiro atoms. The molecule has 0 aliphatic rings. The number of nitrogens with zero attached hydrogens (tertiary/aromatic N) is 3. The number of nitriles is 1. The van der Waals surface area contributed by atoms with Gasteiger partial charge in [0.25, 0.3) is 5.91 Å². The first-order chi connectivity index (χ1) is 8.08. The Bertz CT molecular complexity index is 454. The fourth-order valence-electron chi connectivity index (χ4n) is 1.46. The Labute approximate surface area is 106 Å². The van der Waals surface area contributed by atoms with Crippen molar-refractivity contribution < 1.29 is 4.79 Å². The summed E-state index contributed by atoms with van der Waals surface area (Å²) in [6, 6.07) is 5.18. The van der Waals surface area contributed by atoms with Gasteiger partial charge < -0.3 is 4.90 Å². The molecule has 0 saturated heterocycles. The lowest BCUT2D eigenvalue weighted by molar-refractivity contribution is 0.0811. The van der Waals surface area contributed by atoms with E-state index in [4.69, 9.17) is 16.9 Å². The molecular weight excluding hydrogens is 238 g/mol. The van der Waals surface area contributed by atoms with Gasteiger partial charge in [0, 0.05) is 18.3 Å². The van der Waals surface area contributed by atoms with Gasteiger partial charge in [0.1, 0.15) is 11.7 Å². The Morgan fingerprint density at radius 2 is 2.29 bits per heavy atom. The van der Waals surface area contributed by atoms with Crippen LogP contribution < -0.4 is 0 Å². The van der Waals surface area contributed by atoms with Gasteiger partial charge in [-0.25, -0.2) is 4.98 Å². The molecule has 0 N–H and O–H groups in total. The standard InChI is InChI=1S/C12H14ClN3O/c1-3-4-10-7-9(8-11(13)15-10)12(17)16(2)6-5-14/h7-8H,3-4,6H2,1-2H3. The molecule has 5 heteroatoms. The summed E-state index contributed by atoms with van der Waals surface area (Å²) in [6.45, 7) is 2.09. The van der Waals surface area contributed by atoms with E-state index < -0.39 is 0 Å². The number of rotatable bonds is 4. The lowest BCUT2D eigenvalue weighted by Crippen LogP contribution is -2.27. The number of halogens is 1. The summed E-state index contributed by atoms with van der Waals surface area (Å²) in [4.78, 5) is 17.4. The van der Waals surface area contributed by atoms with Crippen molar-refractivity contribution in [3.8, 4) is 6.07 Å². The van der Waals surface area contributed by atoms with Crippen LogP contribution in [0.1, 0.15) is 29.4 Å². The minimum absolute atomic E-state index is 0.0574. The fourth-order valence-corrected chi connectivity index (χ4v) is 1.68. The Balaban J connectivity index is 2.97. The maximum absolute atomic E-state index is 11.9. The molecule has 1 amide bonds. The molecule has 0 atom stereocenters. The van der Waals surface area contributed by atoms with E-state index in [1.807, 2.05) is 13.0 Å². The minimum Gasteiger partial charge on any atom is -0.328 e. The highest BCUT2D eigenvalue weighted by atomic mass is 35.5. The Hall–Kier alpha value is -1.60. The topological polar surface area (TPSA) is 57.0 Å². The van der Waals surface area contributed by atoms with E-state index in [-0.39, 0.29) is 12.5 Å². The maximum Gasteiger partial charge on any atom is 0.254 e. The summed E-state index contributed by atoms with van der Waals surface area (Å²) in [7, 11) is 1.58. The first kappa shape index (κ1) is 13.5. The molecule has 4 nitrogen and oxygen atoms in total. The number of hydrogen-bond acceptors (Lipinski definition) is 3. The van der Waals surface area contributed by atoms with E-state index in [1.165, 1.54) is 11.0 Å². The Morgan fingerprint density at radius 1 is 1.59 bits per heavy atom. The van der Waals surface area contributed by atoms with Crippen LogP contribution in [0.3, 0.4) is 0 Å². The van der Waals surface area contributed by atoms with Gasteiger partial charge in [-0.2, -0.15) is 5.26 Å². The smallest absolute Gasteiger partial charge is 0.254 e. The maximum atomic E-state index is 11.9. The lowest BCUT2D eigenvalue weighted by Gasteiger charge is -2.13. The molecular formula is C12H14ClN3O. The van der Waals surface area contributed by atoms with Crippen LogP contribution in [0, 0.1) is 11.3 Å². The van der Waals surface area contributed by atoms with E-state index >= 15 is 0 Å². The third kappa shape index (κ3) is 3.72.